The van der Waals surface area contributed by atoms with Crippen molar-refractivity contribution >= 4 is 27.4 Å². The average Bonchev–Trinajstić information content (AvgIpc) is 2.76. The van der Waals surface area contributed by atoms with Crippen LogP contribution in [0.4, 0.5) is 5.82 Å². The average molecular weight is 297 g/mol. The van der Waals surface area contributed by atoms with Gasteiger partial charge in [-0.15, -0.1) is 11.3 Å². The summed E-state index contributed by atoms with van der Waals surface area (Å²) in [7, 11) is 0. The van der Waals surface area contributed by atoms with Crippen LogP contribution in [0.5, 0.6) is 0 Å². The van der Waals surface area contributed by atoms with Gasteiger partial charge in [-0.25, -0.2) is 9.97 Å². The van der Waals surface area contributed by atoms with Crippen LogP contribution in [0, 0.1) is 20.8 Å². The van der Waals surface area contributed by atoms with Crippen LogP contribution < -0.4 is 5.32 Å². The van der Waals surface area contributed by atoms with E-state index >= 15 is 0 Å². The lowest BCUT2D eigenvalue weighted by Gasteiger charge is -2.16. The molecular weight excluding hydrogens is 278 g/mol. The van der Waals surface area contributed by atoms with Gasteiger partial charge in [-0.05, 0) is 38.8 Å². The third-order valence-corrected chi connectivity index (χ3v) is 5.01. The normalized spacial score (nSPS) is 12.6. The summed E-state index contributed by atoms with van der Waals surface area (Å²) in [5.74, 6) is 0.926. The zero-order valence-electron chi connectivity index (χ0n) is 12.8. The van der Waals surface area contributed by atoms with Crippen LogP contribution in [-0.2, 0) is 0 Å². The number of hydrogen-bond acceptors (Lipinski definition) is 4. The van der Waals surface area contributed by atoms with E-state index in [2.05, 4.69) is 67.2 Å². The Morgan fingerprint density at radius 2 is 1.76 bits per heavy atom. The van der Waals surface area contributed by atoms with E-state index in [1.165, 1.54) is 21.6 Å². The number of thiophene rings is 1. The number of benzene rings is 1. The van der Waals surface area contributed by atoms with Crippen LogP contribution in [0.15, 0.2) is 30.6 Å². The van der Waals surface area contributed by atoms with Gasteiger partial charge in [0.05, 0.1) is 5.39 Å². The standard InChI is InChI=1S/C17H19N3S/c1-10-5-7-14(8-6-10)12(3)20-16-15-11(2)13(4)21-17(15)19-9-18-16/h5-9,12H,1-4H3,(H,18,19,20). The molecule has 1 aromatic carbocycles. The monoisotopic (exact) mass is 297 g/mol. The van der Waals surface area contributed by atoms with Crippen molar-refractivity contribution < 1.29 is 0 Å². The third-order valence-electron chi connectivity index (χ3n) is 3.90. The van der Waals surface area contributed by atoms with Gasteiger partial charge in [0.1, 0.15) is 17.0 Å². The first-order chi connectivity index (χ1) is 10.1. The van der Waals surface area contributed by atoms with Crippen LogP contribution in [0.3, 0.4) is 0 Å². The maximum absolute atomic E-state index is 4.45. The molecule has 0 spiro atoms. The molecule has 21 heavy (non-hydrogen) atoms. The van der Waals surface area contributed by atoms with Gasteiger partial charge in [0.2, 0.25) is 0 Å². The zero-order chi connectivity index (χ0) is 15.0. The lowest BCUT2D eigenvalue weighted by Crippen LogP contribution is -2.08. The Bertz CT molecular complexity index is 775. The van der Waals surface area contributed by atoms with Crippen molar-refractivity contribution in [2.45, 2.75) is 33.7 Å². The first kappa shape index (κ1) is 14.0. The molecule has 3 aromatic rings. The predicted octanol–water partition coefficient (Wildman–Crippen LogP) is 4.79. The molecule has 1 N–H and O–H groups in total. The molecule has 0 radical (unpaired) electrons. The highest BCUT2D eigenvalue weighted by Gasteiger charge is 2.14. The molecule has 108 valence electrons. The van der Waals surface area contributed by atoms with Crippen LogP contribution in [0.25, 0.3) is 10.2 Å². The molecule has 0 saturated heterocycles. The molecule has 0 bridgehead atoms. The largest absolute Gasteiger partial charge is 0.363 e. The van der Waals surface area contributed by atoms with Gasteiger partial charge in [-0.2, -0.15) is 0 Å². The van der Waals surface area contributed by atoms with E-state index in [0.29, 0.717) is 0 Å². The van der Waals surface area contributed by atoms with Crippen LogP contribution >= 0.6 is 11.3 Å². The number of aromatic nitrogens is 2. The molecule has 0 saturated carbocycles. The second-order valence-corrected chi connectivity index (χ2v) is 6.67. The number of fused-ring (bicyclic) bond motifs is 1. The minimum Gasteiger partial charge on any atom is -0.363 e. The molecule has 1 unspecified atom stereocenters. The topological polar surface area (TPSA) is 37.8 Å². The quantitative estimate of drug-likeness (QED) is 0.755. The minimum absolute atomic E-state index is 0.211. The Hall–Kier alpha value is -1.94. The van der Waals surface area contributed by atoms with Crippen molar-refractivity contribution in [2.24, 2.45) is 0 Å². The van der Waals surface area contributed by atoms with Crippen molar-refractivity contribution in [3.63, 3.8) is 0 Å². The molecule has 4 heteroatoms. The SMILES string of the molecule is Cc1ccc(C(C)Nc2ncnc3sc(C)c(C)c23)cc1. The minimum atomic E-state index is 0.211. The molecule has 2 heterocycles. The lowest BCUT2D eigenvalue weighted by atomic mass is 10.1. The maximum Gasteiger partial charge on any atom is 0.138 e. The summed E-state index contributed by atoms with van der Waals surface area (Å²) in [6.07, 6.45) is 1.64. The van der Waals surface area contributed by atoms with Crippen molar-refractivity contribution in [3.05, 3.63) is 52.2 Å². The van der Waals surface area contributed by atoms with Crippen LogP contribution in [0.1, 0.15) is 34.5 Å². The Morgan fingerprint density at radius 3 is 2.48 bits per heavy atom. The van der Waals surface area contributed by atoms with Crippen molar-refractivity contribution in [2.75, 3.05) is 5.32 Å². The molecule has 0 aliphatic rings. The Kier molecular flexibility index (Phi) is 3.64. The Balaban J connectivity index is 1.96. The highest BCUT2D eigenvalue weighted by molar-refractivity contribution is 7.18. The van der Waals surface area contributed by atoms with Gasteiger partial charge in [-0.3, -0.25) is 0 Å². The molecule has 2 aromatic heterocycles. The molecule has 3 nitrogen and oxygen atoms in total. The van der Waals surface area contributed by atoms with Crippen molar-refractivity contribution in [1.82, 2.24) is 9.97 Å². The number of hydrogen-bond donors (Lipinski definition) is 1. The molecular formula is C17H19N3S. The first-order valence-electron chi connectivity index (χ1n) is 7.10. The molecule has 1 atom stereocenters. The van der Waals surface area contributed by atoms with E-state index in [-0.39, 0.29) is 6.04 Å². The summed E-state index contributed by atoms with van der Waals surface area (Å²) in [5.41, 5.74) is 3.81. The van der Waals surface area contributed by atoms with E-state index in [4.69, 9.17) is 0 Å². The number of nitrogens with one attached hydrogen (secondary N) is 1. The van der Waals surface area contributed by atoms with E-state index in [0.717, 1.165) is 16.0 Å². The van der Waals surface area contributed by atoms with Gasteiger partial charge < -0.3 is 5.32 Å². The van der Waals surface area contributed by atoms with Gasteiger partial charge in [0, 0.05) is 10.9 Å². The van der Waals surface area contributed by atoms with E-state index in [9.17, 15) is 0 Å². The van der Waals surface area contributed by atoms with Gasteiger partial charge in [-0.1, -0.05) is 29.8 Å². The molecule has 0 amide bonds. The highest BCUT2D eigenvalue weighted by atomic mass is 32.1. The lowest BCUT2D eigenvalue weighted by molar-refractivity contribution is 0.875. The Morgan fingerprint density at radius 1 is 1.05 bits per heavy atom. The summed E-state index contributed by atoms with van der Waals surface area (Å²) < 4.78 is 0. The highest BCUT2D eigenvalue weighted by Crippen LogP contribution is 2.33. The molecule has 0 aliphatic carbocycles. The number of anilines is 1. The first-order valence-corrected chi connectivity index (χ1v) is 7.91. The van der Waals surface area contributed by atoms with Crippen molar-refractivity contribution in [3.8, 4) is 0 Å². The summed E-state index contributed by atoms with van der Waals surface area (Å²) >= 11 is 1.73. The van der Waals surface area contributed by atoms with E-state index in [1.807, 2.05) is 0 Å². The zero-order valence-corrected chi connectivity index (χ0v) is 13.6. The van der Waals surface area contributed by atoms with E-state index < -0.39 is 0 Å². The van der Waals surface area contributed by atoms with Gasteiger partial charge in [0.25, 0.3) is 0 Å². The summed E-state index contributed by atoms with van der Waals surface area (Å²) in [6, 6.07) is 8.82. The van der Waals surface area contributed by atoms with Gasteiger partial charge >= 0.3 is 0 Å². The van der Waals surface area contributed by atoms with Gasteiger partial charge in [0.15, 0.2) is 0 Å². The van der Waals surface area contributed by atoms with Crippen LogP contribution in [0.2, 0.25) is 0 Å². The van der Waals surface area contributed by atoms with Crippen molar-refractivity contribution in [1.29, 1.82) is 0 Å². The molecule has 0 fully saturated rings. The number of rotatable bonds is 3. The second kappa shape index (κ2) is 5.45. The second-order valence-electron chi connectivity index (χ2n) is 5.46. The number of aryl methyl sites for hydroxylation is 3. The summed E-state index contributed by atoms with van der Waals surface area (Å²) in [4.78, 5) is 11.2. The summed E-state index contributed by atoms with van der Waals surface area (Å²) in [6.45, 7) is 8.54. The predicted molar refractivity (Wildman–Crippen MR) is 90.1 cm³/mol. The van der Waals surface area contributed by atoms with Crippen LogP contribution in [-0.4, -0.2) is 9.97 Å². The fraction of sp³-hybridized carbons (Fsp3) is 0.294. The molecule has 0 aliphatic heterocycles. The smallest absolute Gasteiger partial charge is 0.138 e. The summed E-state index contributed by atoms with van der Waals surface area (Å²) in [5, 5.41) is 4.68. The molecule has 3 rings (SSSR count). The fourth-order valence-corrected chi connectivity index (χ4v) is 3.43. The number of nitrogens with zero attached hydrogens (tertiary/aromatic N) is 2. The van der Waals surface area contributed by atoms with E-state index in [1.54, 1.807) is 17.7 Å². The third kappa shape index (κ3) is 2.63. The fourth-order valence-electron chi connectivity index (χ4n) is 2.44. The maximum atomic E-state index is 4.45. The Labute approximate surface area is 129 Å².